The Balaban J connectivity index is 1.80. The minimum Gasteiger partial charge on any atom is -0.481 e. The van der Waals surface area contributed by atoms with Crippen LogP contribution < -0.4 is 5.32 Å². The Bertz CT molecular complexity index is 771. The highest BCUT2D eigenvalue weighted by atomic mass is 35.5. The summed E-state index contributed by atoms with van der Waals surface area (Å²) >= 11 is 7.25. The number of benzene rings is 1. The summed E-state index contributed by atoms with van der Waals surface area (Å²) in [6, 6.07) is 5.31. The fourth-order valence-electron chi connectivity index (χ4n) is 2.53. The summed E-state index contributed by atoms with van der Waals surface area (Å²) in [7, 11) is 0. The van der Waals surface area contributed by atoms with E-state index in [-0.39, 0.29) is 5.91 Å². The third-order valence-electron chi connectivity index (χ3n) is 3.67. The average molecular weight is 337 g/mol. The van der Waals surface area contributed by atoms with Gasteiger partial charge in [-0.3, -0.25) is 9.59 Å². The topological polar surface area (TPSA) is 79.3 Å². The minimum atomic E-state index is -0.944. The number of thiazole rings is 1. The Hall–Kier alpha value is -1.92. The first-order valence-electron chi connectivity index (χ1n) is 6.79. The molecule has 2 aromatic rings. The number of anilines is 1. The third kappa shape index (κ3) is 2.98. The van der Waals surface area contributed by atoms with Gasteiger partial charge < -0.3 is 10.4 Å². The molecular formula is C15H13ClN2O3S. The first-order valence-corrected chi connectivity index (χ1v) is 7.99. The van der Waals surface area contributed by atoms with E-state index in [0.717, 1.165) is 10.2 Å². The maximum atomic E-state index is 12.4. The molecule has 0 aliphatic heterocycles. The van der Waals surface area contributed by atoms with Crippen LogP contribution >= 0.6 is 22.9 Å². The number of carbonyl (C=O) groups is 2. The lowest BCUT2D eigenvalue weighted by atomic mass is 9.82. The molecule has 0 fully saturated rings. The highest BCUT2D eigenvalue weighted by Crippen LogP contribution is 2.31. The zero-order valence-corrected chi connectivity index (χ0v) is 13.0. The van der Waals surface area contributed by atoms with Crippen LogP contribution in [-0.4, -0.2) is 22.0 Å². The van der Waals surface area contributed by atoms with Crippen LogP contribution in [0.25, 0.3) is 10.2 Å². The first-order chi connectivity index (χ1) is 10.5. The lowest BCUT2D eigenvalue weighted by Crippen LogP contribution is -2.34. The van der Waals surface area contributed by atoms with Gasteiger partial charge in [-0.25, -0.2) is 4.98 Å². The number of aliphatic carboxylic acids is 1. The molecule has 114 valence electrons. The van der Waals surface area contributed by atoms with Gasteiger partial charge in [0.05, 0.1) is 22.1 Å². The number of allylic oxidation sites excluding steroid dienone is 2. The number of carboxylic acid groups (broad SMARTS) is 1. The van der Waals surface area contributed by atoms with E-state index < -0.39 is 17.8 Å². The van der Waals surface area contributed by atoms with E-state index in [1.807, 2.05) is 12.2 Å². The summed E-state index contributed by atoms with van der Waals surface area (Å²) in [5, 5.41) is 13.0. The Morgan fingerprint density at radius 3 is 2.73 bits per heavy atom. The minimum absolute atomic E-state index is 0.304. The molecule has 3 rings (SSSR count). The normalized spacial score (nSPS) is 21.0. The molecule has 1 amide bonds. The number of carboxylic acids is 1. The van der Waals surface area contributed by atoms with Crippen LogP contribution in [0.2, 0.25) is 5.02 Å². The number of hydrogen-bond donors (Lipinski definition) is 2. The third-order valence-corrected chi connectivity index (χ3v) is 4.84. The maximum Gasteiger partial charge on any atom is 0.307 e. The second-order valence-corrected chi connectivity index (χ2v) is 6.58. The molecule has 0 radical (unpaired) electrons. The fourth-order valence-corrected chi connectivity index (χ4v) is 3.67. The second-order valence-electron chi connectivity index (χ2n) is 5.11. The number of aromatic nitrogens is 1. The zero-order chi connectivity index (χ0) is 15.7. The maximum absolute atomic E-state index is 12.4. The smallest absolute Gasteiger partial charge is 0.307 e. The largest absolute Gasteiger partial charge is 0.481 e. The summed E-state index contributed by atoms with van der Waals surface area (Å²) in [5.74, 6) is -2.51. The predicted octanol–water partition coefficient (Wildman–Crippen LogP) is 3.56. The van der Waals surface area contributed by atoms with Crippen molar-refractivity contribution >= 4 is 50.2 Å². The molecule has 1 aliphatic rings. The zero-order valence-electron chi connectivity index (χ0n) is 11.5. The summed E-state index contributed by atoms with van der Waals surface area (Å²) in [5.41, 5.74) is 0.753. The average Bonchev–Trinajstić information content (AvgIpc) is 2.88. The highest BCUT2D eigenvalue weighted by molar-refractivity contribution is 7.22. The van der Waals surface area contributed by atoms with E-state index >= 15 is 0 Å². The fraction of sp³-hybridized carbons (Fsp3) is 0.267. The molecule has 22 heavy (non-hydrogen) atoms. The predicted molar refractivity (Wildman–Crippen MR) is 86.2 cm³/mol. The van der Waals surface area contributed by atoms with Crippen molar-refractivity contribution in [3.63, 3.8) is 0 Å². The van der Waals surface area contributed by atoms with Crippen molar-refractivity contribution < 1.29 is 14.7 Å². The van der Waals surface area contributed by atoms with Gasteiger partial charge in [-0.1, -0.05) is 35.1 Å². The summed E-state index contributed by atoms with van der Waals surface area (Å²) in [4.78, 5) is 27.9. The van der Waals surface area contributed by atoms with Gasteiger partial charge in [0.2, 0.25) is 5.91 Å². The number of nitrogens with one attached hydrogen (secondary N) is 1. The van der Waals surface area contributed by atoms with Crippen molar-refractivity contribution in [3.05, 3.63) is 35.4 Å². The first kappa shape index (κ1) is 15.0. The molecule has 1 aliphatic carbocycles. The highest BCUT2D eigenvalue weighted by Gasteiger charge is 2.34. The molecule has 0 saturated heterocycles. The molecule has 2 N–H and O–H groups in total. The molecule has 5 nitrogen and oxygen atoms in total. The molecule has 0 bridgehead atoms. The van der Waals surface area contributed by atoms with Crippen molar-refractivity contribution in [1.82, 2.24) is 4.98 Å². The van der Waals surface area contributed by atoms with Crippen LogP contribution in [0.4, 0.5) is 5.13 Å². The Morgan fingerprint density at radius 1 is 1.27 bits per heavy atom. The molecular weight excluding hydrogens is 324 g/mol. The van der Waals surface area contributed by atoms with Crippen molar-refractivity contribution in [2.45, 2.75) is 12.8 Å². The van der Waals surface area contributed by atoms with Gasteiger partial charge in [0.25, 0.3) is 0 Å². The Morgan fingerprint density at radius 2 is 2.00 bits per heavy atom. The van der Waals surface area contributed by atoms with Gasteiger partial charge in [0.15, 0.2) is 5.13 Å². The van der Waals surface area contributed by atoms with E-state index in [1.165, 1.54) is 11.3 Å². The van der Waals surface area contributed by atoms with Crippen LogP contribution in [0.15, 0.2) is 30.4 Å². The van der Waals surface area contributed by atoms with Gasteiger partial charge in [0.1, 0.15) is 0 Å². The molecule has 2 atom stereocenters. The molecule has 7 heteroatoms. The number of rotatable bonds is 3. The number of amides is 1. The summed E-state index contributed by atoms with van der Waals surface area (Å²) in [6.07, 6.45) is 4.46. The molecule has 1 heterocycles. The molecule has 0 spiro atoms. The van der Waals surface area contributed by atoms with Crippen molar-refractivity contribution in [2.24, 2.45) is 11.8 Å². The van der Waals surface area contributed by atoms with E-state index in [2.05, 4.69) is 10.3 Å². The van der Waals surface area contributed by atoms with Gasteiger partial charge in [0, 0.05) is 5.02 Å². The second kappa shape index (κ2) is 6.06. The van der Waals surface area contributed by atoms with Gasteiger partial charge >= 0.3 is 5.97 Å². The SMILES string of the molecule is O=C(O)[C@@H]1CC=CC[C@H]1C(=O)Nc1nc2ccc(Cl)cc2s1. The van der Waals surface area contributed by atoms with E-state index in [4.69, 9.17) is 11.6 Å². The molecule has 0 saturated carbocycles. The van der Waals surface area contributed by atoms with Crippen LogP contribution in [-0.2, 0) is 9.59 Å². The molecule has 1 aromatic carbocycles. The quantitative estimate of drug-likeness (QED) is 0.840. The van der Waals surface area contributed by atoms with Crippen LogP contribution in [0.3, 0.4) is 0 Å². The lowest BCUT2D eigenvalue weighted by Gasteiger charge is -2.23. The van der Waals surface area contributed by atoms with E-state index in [9.17, 15) is 14.7 Å². The number of hydrogen-bond acceptors (Lipinski definition) is 4. The summed E-state index contributed by atoms with van der Waals surface area (Å²) in [6.45, 7) is 0. The number of carbonyl (C=O) groups excluding carboxylic acids is 1. The van der Waals surface area contributed by atoms with Crippen LogP contribution in [0, 0.1) is 11.8 Å². The van der Waals surface area contributed by atoms with Crippen molar-refractivity contribution in [1.29, 1.82) is 0 Å². The summed E-state index contributed by atoms with van der Waals surface area (Å²) < 4.78 is 0.876. The van der Waals surface area contributed by atoms with Crippen molar-refractivity contribution in [3.8, 4) is 0 Å². The Kier molecular flexibility index (Phi) is 4.13. The van der Waals surface area contributed by atoms with E-state index in [0.29, 0.717) is 23.0 Å². The molecule has 0 unspecified atom stereocenters. The lowest BCUT2D eigenvalue weighted by molar-refractivity contribution is -0.146. The van der Waals surface area contributed by atoms with Crippen molar-refractivity contribution in [2.75, 3.05) is 5.32 Å². The number of fused-ring (bicyclic) bond motifs is 1. The number of nitrogens with zero attached hydrogens (tertiary/aromatic N) is 1. The monoisotopic (exact) mass is 336 g/mol. The van der Waals surface area contributed by atoms with E-state index in [1.54, 1.807) is 18.2 Å². The van der Waals surface area contributed by atoms with Gasteiger partial charge in [-0.05, 0) is 31.0 Å². The standard InChI is InChI=1S/C15H13ClN2O3S/c16-8-5-6-11-12(7-8)22-15(17-11)18-13(19)9-3-1-2-4-10(9)14(20)21/h1-2,5-7,9-10H,3-4H2,(H,20,21)(H,17,18,19)/t9-,10-/m1/s1. The van der Waals surface area contributed by atoms with Crippen LogP contribution in [0.5, 0.6) is 0 Å². The number of halogens is 1. The molecule has 1 aromatic heterocycles. The van der Waals surface area contributed by atoms with Crippen LogP contribution in [0.1, 0.15) is 12.8 Å². The van der Waals surface area contributed by atoms with Gasteiger partial charge in [-0.2, -0.15) is 0 Å². The Labute approximate surface area is 135 Å². The van der Waals surface area contributed by atoms with Gasteiger partial charge in [-0.15, -0.1) is 0 Å².